The molecule has 8 heteroatoms. The van der Waals surface area contributed by atoms with Crippen LogP contribution in [0.15, 0.2) is 57.1 Å². The molecule has 0 saturated heterocycles. The van der Waals surface area contributed by atoms with Crippen molar-refractivity contribution in [2.24, 2.45) is 5.73 Å². The van der Waals surface area contributed by atoms with Crippen LogP contribution >= 0.6 is 11.3 Å². The summed E-state index contributed by atoms with van der Waals surface area (Å²) in [4.78, 5) is 16.5. The van der Waals surface area contributed by atoms with Gasteiger partial charge >= 0.3 is 0 Å². The molecule has 0 aliphatic rings. The lowest BCUT2D eigenvalue weighted by atomic mass is 10.2. The first-order chi connectivity index (χ1) is 13.1. The van der Waals surface area contributed by atoms with E-state index < -0.39 is 5.91 Å². The van der Waals surface area contributed by atoms with Gasteiger partial charge in [0.05, 0.1) is 42.6 Å². The maximum atomic E-state index is 11.8. The molecule has 7 nitrogen and oxygen atoms in total. The van der Waals surface area contributed by atoms with E-state index in [9.17, 15) is 4.79 Å². The molecule has 4 aromatic rings. The fraction of sp³-hybridized carbons (Fsp3) is 0.158. The maximum Gasteiger partial charge on any atom is 0.250 e. The van der Waals surface area contributed by atoms with E-state index in [0.29, 0.717) is 18.7 Å². The summed E-state index contributed by atoms with van der Waals surface area (Å²) in [5.41, 5.74) is 8.39. The van der Waals surface area contributed by atoms with E-state index in [1.54, 1.807) is 18.6 Å². The Labute approximate surface area is 159 Å². The number of amides is 1. The number of carbonyl (C=O) groups excluding carboxylic acids is 1. The first-order valence-corrected chi connectivity index (χ1v) is 9.24. The number of aromatic nitrogens is 2. The highest BCUT2D eigenvalue weighted by molar-refractivity contribution is 7.14. The molecule has 4 aromatic heterocycles. The molecule has 3 N–H and O–H groups in total. The molecule has 0 atom stereocenters. The van der Waals surface area contributed by atoms with Crippen LogP contribution in [0.3, 0.4) is 0 Å². The first kappa shape index (κ1) is 17.2. The summed E-state index contributed by atoms with van der Waals surface area (Å²) in [5, 5.41) is 5.96. The third kappa shape index (κ3) is 3.52. The number of carbonyl (C=O) groups is 1. The second kappa shape index (κ2) is 7.16. The van der Waals surface area contributed by atoms with Crippen LogP contribution in [0.1, 0.15) is 27.6 Å². The van der Waals surface area contributed by atoms with E-state index in [2.05, 4.69) is 10.3 Å². The van der Waals surface area contributed by atoms with Gasteiger partial charge in [-0.25, -0.2) is 4.98 Å². The molecule has 0 aliphatic carbocycles. The van der Waals surface area contributed by atoms with E-state index in [0.717, 1.165) is 33.7 Å². The Morgan fingerprint density at radius 3 is 2.67 bits per heavy atom. The average molecular weight is 382 g/mol. The topological polar surface area (TPSA) is 99.2 Å². The zero-order valence-electron chi connectivity index (χ0n) is 14.6. The number of anilines is 1. The number of nitrogens with zero attached hydrogens (tertiary/aromatic N) is 2. The van der Waals surface area contributed by atoms with Crippen molar-refractivity contribution in [3.8, 4) is 11.4 Å². The smallest absolute Gasteiger partial charge is 0.250 e. The summed E-state index contributed by atoms with van der Waals surface area (Å²) in [6.07, 6.45) is 3.27. The molecule has 27 heavy (non-hydrogen) atoms. The van der Waals surface area contributed by atoms with Crippen molar-refractivity contribution < 1.29 is 13.6 Å². The van der Waals surface area contributed by atoms with Crippen LogP contribution in [0, 0.1) is 6.92 Å². The minimum atomic E-state index is -0.460. The highest BCUT2D eigenvalue weighted by Gasteiger charge is 2.19. The SMILES string of the molecule is Cc1c(C(N)=O)cc(-c2csc(NCc3ccco3)n2)n1Cc1ccco1. The summed E-state index contributed by atoms with van der Waals surface area (Å²) >= 11 is 1.49. The van der Waals surface area contributed by atoms with Crippen LogP contribution in [0.25, 0.3) is 11.4 Å². The van der Waals surface area contributed by atoms with E-state index in [1.807, 2.05) is 41.1 Å². The molecule has 0 aromatic carbocycles. The number of hydrogen-bond acceptors (Lipinski definition) is 6. The van der Waals surface area contributed by atoms with Gasteiger partial charge in [0.25, 0.3) is 5.91 Å². The minimum absolute atomic E-state index is 0.460. The Balaban J connectivity index is 1.64. The number of primary amides is 1. The van der Waals surface area contributed by atoms with Crippen LogP contribution in [0.4, 0.5) is 5.13 Å². The lowest BCUT2D eigenvalue weighted by molar-refractivity contribution is 0.0999. The molecule has 138 valence electrons. The highest BCUT2D eigenvalue weighted by Crippen LogP contribution is 2.30. The van der Waals surface area contributed by atoms with E-state index in [-0.39, 0.29) is 0 Å². The van der Waals surface area contributed by atoms with Crippen LogP contribution in [0.2, 0.25) is 0 Å². The number of thiazole rings is 1. The zero-order valence-corrected chi connectivity index (χ0v) is 15.5. The van der Waals surface area contributed by atoms with Crippen molar-refractivity contribution in [1.82, 2.24) is 9.55 Å². The summed E-state index contributed by atoms with van der Waals surface area (Å²) in [7, 11) is 0. The maximum absolute atomic E-state index is 11.8. The predicted octanol–water partition coefficient (Wildman–Crippen LogP) is 3.87. The van der Waals surface area contributed by atoms with Crippen molar-refractivity contribution in [2.45, 2.75) is 20.0 Å². The standard InChI is InChI=1S/C19H18N4O3S/c1-12-15(18(20)24)8-17(23(12)10-14-5-3-7-26-14)16-11-27-19(22-16)21-9-13-4-2-6-25-13/h2-8,11H,9-10H2,1H3,(H2,20,24)(H,21,22). The molecule has 1 amide bonds. The van der Waals surface area contributed by atoms with E-state index >= 15 is 0 Å². The average Bonchev–Trinajstić information content (AvgIpc) is 3.43. The molecule has 0 fully saturated rings. The molecule has 0 saturated carbocycles. The van der Waals surface area contributed by atoms with Gasteiger partial charge in [0.1, 0.15) is 11.5 Å². The number of nitrogens with two attached hydrogens (primary N) is 1. The molecule has 4 heterocycles. The minimum Gasteiger partial charge on any atom is -0.467 e. The van der Waals surface area contributed by atoms with Crippen molar-refractivity contribution >= 4 is 22.4 Å². The Bertz CT molecular complexity index is 1050. The number of hydrogen-bond donors (Lipinski definition) is 2. The molecular weight excluding hydrogens is 364 g/mol. The normalized spacial score (nSPS) is 11.0. The fourth-order valence-electron chi connectivity index (χ4n) is 2.92. The van der Waals surface area contributed by atoms with Gasteiger partial charge in [-0.3, -0.25) is 4.79 Å². The number of furan rings is 2. The summed E-state index contributed by atoms with van der Waals surface area (Å²) in [6, 6.07) is 9.26. The van der Waals surface area contributed by atoms with Gasteiger partial charge in [-0.05, 0) is 37.3 Å². The van der Waals surface area contributed by atoms with Gasteiger partial charge in [0.15, 0.2) is 5.13 Å². The second-order valence-electron chi connectivity index (χ2n) is 6.03. The molecule has 0 spiro atoms. The molecule has 4 rings (SSSR count). The quantitative estimate of drug-likeness (QED) is 0.505. The second-order valence-corrected chi connectivity index (χ2v) is 6.89. The summed E-state index contributed by atoms with van der Waals surface area (Å²) in [5.74, 6) is 1.16. The van der Waals surface area contributed by atoms with Crippen molar-refractivity contribution in [1.29, 1.82) is 0 Å². The third-order valence-corrected chi connectivity index (χ3v) is 5.09. The highest BCUT2D eigenvalue weighted by atomic mass is 32.1. The fourth-order valence-corrected chi connectivity index (χ4v) is 3.62. The van der Waals surface area contributed by atoms with Crippen molar-refractivity contribution in [3.05, 3.63) is 71.0 Å². The number of nitrogens with one attached hydrogen (secondary N) is 1. The molecule has 0 bridgehead atoms. The largest absolute Gasteiger partial charge is 0.467 e. The Morgan fingerprint density at radius 2 is 2.00 bits per heavy atom. The van der Waals surface area contributed by atoms with Crippen molar-refractivity contribution in [2.75, 3.05) is 5.32 Å². The third-order valence-electron chi connectivity index (χ3n) is 4.29. The van der Waals surface area contributed by atoms with Crippen molar-refractivity contribution in [3.63, 3.8) is 0 Å². The molecule has 0 aliphatic heterocycles. The van der Waals surface area contributed by atoms with Crippen LogP contribution < -0.4 is 11.1 Å². The van der Waals surface area contributed by atoms with Gasteiger partial charge in [0, 0.05) is 11.1 Å². The van der Waals surface area contributed by atoms with Crippen LogP contribution in [-0.4, -0.2) is 15.5 Å². The molecule has 0 radical (unpaired) electrons. The lowest BCUT2D eigenvalue weighted by Gasteiger charge is -2.09. The predicted molar refractivity (Wildman–Crippen MR) is 103 cm³/mol. The van der Waals surface area contributed by atoms with Gasteiger partial charge < -0.3 is 24.5 Å². The van der Waals surface area contributed by atoms with Crippen LogP contribution in [-0.2, 0) is 13.1 Å². The van der Waals surface area contributed by atoms with Gasteiger partial charge in [-0.15, -0.1) is 11.3 Å². The lowest BCUT2D eigenvalue weighted by Crippen LogP contribution is -2.12. The molecular formula is C19H18N4O3S. The molecule has 0 unspecified atom stereocenters. The van der Waals surface area contributed by atoms with Gasteiger partial charge in [0.2, 0.25) is 0 Å². The summed E-state index contributed by atoms with van der Waals surface area (Å²) in [6.45, 7) is 2.92. The van der Waals surface area contributed by atoms with E-state index in [1.165, 1.54) is 11.3 Å². The van der Waals surface area contributed by atoms with Gasteiger partial charge in [-0.2, -0.15) is 0 Å². The van der Waals surface area contributed by atoms with Crippen LogP contribution in [0.5, 0.6) is 0 Å². The Morgan fingerprint density at radius 1 is 1.26 bits per heavy atom. The monoisotopic (exact) mass is 382 g/mol. The summed E-state index contributed by atoms with van der Waals surface area (Å²) < 4.78 is 12.8. The number of rotatable bonds is 7. The first-order valence-electron chi connectivity index (χ1n) is 8.36. The Hall–Kier alpha value is -3.26. The Kier molecular flexibility index (Phi) is 4.55. The zero-order chi connectivity index (χ0) is 18.8. The van der Waals surface area contributed by atoms with Gasteiger partial charge in [-0.1, -0.05) is 0 Å². The van der Waals surface area contributed by atoms with E-state index in [4.69, 9.17) is 14.6 Å².